The van der Waals surface area contributed by atoms with Crippen molar-refractivity contribution < 1.29 is 13.2 Å². The number of anilines is 1. The minimum Gasteiger partial charge on any atom is -0.325 e. The summed E-state index contributed by atoms with van der Waals surface area (Å²) in [5, 5.41) is 2.00. The quantitative estimate of drug-likeness (QED) is 0.918. The Kier molecular flexibility index (Phi) is 4.16. The Balaban J connectivity index is 2.93. The standard InChI is InChI=1S/C11H14ClNO3S/c1-7-9(12)5-4-6-10(7)13-11(14)8(2)17(3,15)16/h4-6,8H,1-3H3,(H,13,14). The fourth-order valence-electron chi connectivity index (χ4n) is 1.17. The Morgan fingerprint density at radius 3 is 2.53 bits per heavy atom. The number of amides is 1. The summed E-state index contributed by atoms with van der Waals surface area (Å²) in [6, 6.07) is 5.07. The number of carbonyl (C=O) groups excluding carboxylic acids is 1. The van der Waals surface area contributed by atoms with Gasteiger partial charge in [0.05, 0.1) is 0 Å². The summed E-state index contributed by atoms with van der Waals surface area (Å²) >= 11 is 5.90. The number of sulfone groups is 1. The van der Waals surface area contributed by atoms with Crippen LogP contribution < -0.4 is 5.32 Å². The fraction of sp³-hybridized carbons (Fsp3) is 0.364. The number of nitrogens with one attached hydrogen (secondary N) is 1. The molecule has 0 heterocycles. The zero-order chi connectivity index (χ0) is 13.2. The summed E-state index contributed by atoms with van der Waals surface area (Å²) in [7, 11) is -3.39. The summed E-state index contributed by atoms with van der Waals surface area (Å²) in [4.78, 5) is 11.7. The van der Waals surface area contributed by atoms with Crippen LogP contribution in [0.15, 0.2) is 18.2 Å². The van der Waals surface area contributed by atoms with E-state index in [9.17, 15) is 13.2 Å². The van der Waals surface area contributed by atoms with E-state index in [1.165, 1.54) is 6.92 Å². The molecule has 4 nitrogen and oxygen atoms in total. The second-order valence-corrected chi connectivity index (χ2v) is 6.65. The van der Waals surface area contributed by atoms with E-state index in [-0.39, 0.29) is 0 Å². The fourth-order valence-corrected chi connectivity index (χ4v) is 1.79. The monoisotopic (exact) mass is 275 g/mol. The van der Waals surface area contributed by atoms with Crippen LogP contribution in [0.5, 0.6) is 0 Å². The van der Waals surface area contributed by atoms with Gasteiger partial charge >= 0.3 is 0 Å². The molecule has 0 aliphatic carbocycles. The van der Waals surface area contributed by atoms with Crippen molar-refractivity contribution in [1.82, 2.24) is 0 Å². The van der Waals surface area contributed by atoms with E-state index < -0.39 is 21.0 Å². The first-order chi connectivity index (χ1) is 7.73. The number of hydrogen-bond donors (Lipinski definition) is 1. The molecule has 0 spiro atoms. The van der Waals surface area contributed by atoms with E-state index in [4.69, 9.17) is 11.6 Å². The first-order valence-corrected chi connectivity index (χ1v) is 7.31. The molecule has 1 unspecified atom stereocenters. The van der Waals surface area contributed by atoms with Crippen LogP contribution in [-0.4, -0.2) is 25.8 Å². The molecule has 0 fully saturated rings. The number of benzene rings is 1. The molecule has 0 aromatic heterocycles. The molecule has 0 aliphatic heterocycles. The topological polar surface area (TPSA) is 63.2 Å². The largest absolute Gasteiger partial charge is 0.325 e. The molecule has 0 saturated carbocycles. The molecule has 1 aromatic rings. The van der Waals surface area contributed by atoms with Crippen LogP contribution in [0.3, 0.4) is 0 Å². The van der Waals surface area contributed by atoms with E-state index in [0.29, 0.717) is 16.3 Å². The highest BCUT2D eigenvalue weighted by Gasteiger charge is 2.23. The molecular formula is C11H14ClNO3S. The lowest BCUT2D eigenvalue weighted by Crippen LogP contribution is -2.32. The molecule has 0 aliphatic rings. The Labute approximate surface area is 106 Å². The molecule has 94 valence electrons. The van der Waals surface area contributed by atoms with Gasteiger partial charge in [-0.1, -0.05) is 17.7 Å². The van der Waals surface area contributed by atoms with Gasteiger partial charge in [0.25, 0.3) is 0 Å². The predicted octanol–water partition coefficient (Wildman–Crippen LogP) is 2.02. The predicted molar refractivity (Wildman–Crippen MR) is 69.1 cm³/mol. The molecule has 1 aromatic carbocycles. The molecule has 0 radical (unpaired) electrons. The van der Waals surface area contributed by atoms with Gasteiger partial charge in [0.15, 0.2) is 9.84 Å². The van der Waals surface area contributed by atoms with Gasteiger partial charge < -0.3 is 5.32 Å². The summed E-state index contributed by atoms with van der Waals surface area (Å²) in [6.45, 7) is 3.10. The molecular weight excluding hydrogens is 262 g/mol. The molecule has 1 rings (SSSR count). The Hall–Kier alpha value is -1.07. The van der Waals surface area contributed by atoms with Gasteiger partial charge in [0.1, 0.15) is 5.25 Å². The molecule has 1 amide bonds. The highest BCUT2D eigenvalue weighted by atomic mass is 35.5. The highest BCUT2D eigenvalue weighted by Crippen LogP contribution is 2.23. The summed E-state index contributed by atoms with van der Waals surface area (Å²) in [6.07, 6.45) is 1.03. The highest BCUT2D eigenvalue weighted by molar-refractivity contribution is 7.92. The van der Waals surface area contributed by atoms with E-state index in [1.807, 2.05) is 0 Å². The van der Waals surface area contributed by atoms with Crippen LogP contribution in [-0.2, 0) is 14.6 Å². The lowest BCUT2D eigenvalue weighted by molar-refractivity contribution is -0.115. The molecule has 0 saturated heterocycles. The van der Waals surface area contributed by atoms with Gasteiger partial charge in [0, 0.05) is 17.0 Å². The summed E-state index contributed by atoms with van der Waals surface area (Å²) in [5.74, 6) is -0.558. The maximum atomic E-state index is 11.7. The van der Waals surface area contributed by atoms with Crippen LogP contribution in [0.4, 0.5) is 5.69 Å². The third-order valence-corrected chi connectivity index (χ3v) is 4.45. The first kappa shape index (κ1) is 14.0. The van der Waals surface area contributed by atoms with Gasteiger partial charge in [-0.2, -0.15) is 0 Å². The van der Waals surface area contributed by atoms with Crippen LogP contribution in [0, 0.1) is 6.92 Å². The van der Waals surface area contributed by atoms with Crippen molar-refractivity contribution in [2.45, 2.75) is 19.1 Å². The molecule has 17 heavy (non-hydrogen) atoms. The maximum Gasteiger partial charge on any atom is 0.242 e. The zero-order valence-electron chi connectivity index (χ0n) is 9.82. The lowest BCUT2D eigenvalue weighted by Gasteiger charge is -2.12. The van der Waals surface area contributed by atoms with Crippen LogP contribution in [0.2, 0.25) is 5.02 Å². The van der Waals surface area contributed by atoms with E-state index in [1.54, 1.807) is 25.1 Å². The number of halogens is 1. The van der Waals surface area contributed by atoms with Crippen LogP contribution in [0.25, 0.3) is 0 Å². The summed E-state index contributed by atoms with van der Waals surface area (Å²) < 4.78 is 22.5. The summed E-state index contributed by atoms with van der Waals surface area (Å²) in [5.41, 5.74) is 1.24. The van der Waals surface area contributed by atoms with Crippen molar-refractivity contribution in [3.8, 4) is 0 Å². The molecule has 1 atom stereocenters. The lowest BCUT2D eigenvalue weighted by atomic mass is 10.2. The Morgan fingerprint density at radius 2 is 2.00 bits per heavy atom. The van der Waals surface area contributed by atoms with Gasteiger partial charge in [-0.15, -0.1) is 0 Å². The average molecular weight is 276 g/mol. The minimum atomic E-state index is -3.39. The Morgan fingerprint density at radius 1 is 1.41 bits per heavy atom. The smallest absolute Gasteiger partial charge is 0.242 e. The first-order valence-electron chi connectivity index (χ1n) is 4.98. The van der Waals surface area contributed by atoms with Crippen molar-refractivity contribution in [1.29, 1.82) is 0 Å². The maximum absolute atomic E-state index is 11.7. The number of carbonyl (C=O) groups is 1. The molecule has 1 N–H and O–H groups in total. The van der Waals surface area contributed by atoms with Crippen molar-refractivity contribution in [2.75, 3.05) is 11.6 Å². The van der Waals surface area contributed by atoms with E-state index >= 15 is 0 Å². The SMILES string of the molecule is Cc1c(Cl)cccc1NC(=O)C(C)S(C)(=O)=O. The second kappa shape index (κ2) is 5.06. The van der Waals surface area contributed by atoms with Crippen LogP contribution >= 0.6 is 11.6 Å². The number of rotatable bonds is 3. The minimum absolute atomic E-state index is 0.523. The van der Waals surface area contributed by atoms with E-state index in [2.05, 4.69) is 5.32 Å². The van der Waals surface area contributed by atoms with Crippen LogP contribution in [0.1, 0.15) is 12.5 Å². The van der Waals surface area contributed by atoms with Gasteiger partial charge in [-0.3, -0.25) is 4.79 Å². The average Bonchev–Trinajstić information content (AvgIpc) is 2.22. The van der Waals surface area contributed by atoms with E-state index in [0.717, 1.165) is 6.26 Å². The third-order valence-electron chi connectivity index (χ3n) is 2.54. The van der Waals surface area contributed by atoms with Crippen molar-refractivity contribution in [2.24, 2.45) is 0 Å². The van der Waals surface area contributed by atoms with Gasteiger partial charge in [0.2, 0.25) is 5.91 Å². The van der Waals surface area contributed by atoms with Crippen molar-refractivity contribution in [3.63, 3.8) is 0 Å². The molecule has 6 heteroatoms. The third kappa shape index (κ3) is 3.44. The Bertz CT molecular complexity index is 540. The van der Waals surface area contributed by atoms with Crippen molar-refractivity contribution >= 4 is 33.0 Å². The molecule has 0 bridgehead atoms. The number of hydrogen-bond acceptors (Lipinski definition) is 3. The normalized spacial score (nSPS) is 13.2. The van der Waals surface area contributed by atoms with Crippen molar-refractivity contribution in [3.05, 3.63) is 28.8 Å². The second-order valence-electron chi connectivity index (χ2n) is 3.87. The van der Waals surface area contributed by atoms with Gasteiger partial charge in [-0.05, 0) is 31.5 Å². The zero-order valence-corrected chi connectivity index (χ0v) is 11.4. The van der Waals surface area contributed by atoms with Gasteiger partial charge in [-0.25, -0.2) is 8.42 Å².